The highest BCUT2D eigenvalue weighted by Gasteiger charge is 2.08. The molecule has 0 aliphatic heterocycles. The van der Waals surface area contributed by atoms with E-state index in [1.807, 2.05) is 70.8 Å². The molecule has 0 aliphatic carbocycles. The van der Waals surface area contributed by atoms with E-state index in [9.17, 15) is 4.79 Å². The standard InChI is InChI=1S/C22H18N4OS/c27-21(10-7-16-13-23-19-4-2-1-3-18(16)19)24-17-8-5-15(6-9-17)20-14-26-11-12-28-22(26)25-20/h1-6,8-9,11-14,23H,7,10H2,(H,24,27). The van der Waals surface area contributed by atoms with Crippen LogP contribution in [0.15, 0.2) is 72.5 Å². The van der Waals surface area contributed by atoms with Crippen molar-refractivity contribution in [2.75, 3.05) is 5.32 Å². The summed E-state index contributed by atoms with van der Waals surface area (Å²) < 4.78 is 2.01. The van der Waals surface area contributed by atoms with Crippen molar-refractivity contribution in [1.29, 1.82) is 0 Å². The van der Waals surface area contributed by atoms with Gasteiger partial charge in [-0.25, -0.2) is 4.98 Å². The summed E-state index contributed by atoms with van der Waals surface area (Å²) in [6.45, 7) is 0. The molecule has 3 heterocycles. The molecule has 0 fully saturated rings. The van der Waals surface area contributed by atoms with Gasteiger partial charge in [0.2, 0.25) is 5.91 Å². The molecule has 5 aromatic rings. The van der Waals surface area contributed by atoms with E-state index in [1.165, 1.54) is 10.9 Å². The number of thiazole rings is 1. The molecule has 0 saturated carbocycles. The Hall–Kier alpha value is -3.38. The number of hydrogen-bond donors (Lipinski definition) is 2. The number of anilines is 1. The maximum Gasteiger partial charge on any atom is 0.224 e. The van der Waals surface area contributed by atoms with Gasteiger partial charge in [0.15, 0.2) is 4.96 Å². The molecule has 0 spiro atoms. The number of amides is 1. The zero-order valence-electron chi connectivity index (χ0n) is 15.1. The second-order valence-corrected chi connectivity index (χ2v) is 7.58. The second kappa shape index (κ2) is 6.98. The van der Waals surface area contributed by atoms with Gasteiger partial charge in [-0.05, 0) is 30.2 Å². The molecule has 0 aliphatic rings. The van der Waals surface area contributed by atoms with Gasteiger partial charge in [0, 0.05) is 52.5 Å². The highest BCUT2D eigenvalue weighted by molar-refractivity contribution is 7.15. The molecular formula is C22H18N4OS. The average molecular weight is 386 g/mol. The number of rotatable bonds is 5. The Labute approximate surface area is 165 Å². The Kier molecular flexibility index (Phi) is 4.18. The Balaban J connectivity index is 1.23. The summed E-state index contributed by atoms with van der Waals surface area (Å²) in [6.07, 6.45) is 7.15. The summed E-state index contributed by atoms with van der Waals surface area (Å²) >= 11 is 1.61. The maximum atomic E-state index is 12.3. The number of hydrogen-bond acceptors (Lipinski definition) is 3. The molecule has 5 rings (SSSR count). The fourth-order valence-electron chi connectivity index (χ4n) is 3.40. The van der Waals surface area contributed by atoms with Gasteiger partial charge >= 0.3 is 0 Å². The summed E-state index contributed by atoms with van der Waals surface area (Å²) in [5.74, 6) is 0.0144. The van der Waals surface area contributed by atoms with Crippen LogP contribution in [0.5, 0.6) is 0 Å². The first-order valence-corrected chi connectivity index (χ1v) is 10.0. The molecule has 2 aromatic carbocycles. The number of fused-ring (bicyclic) bond motifs is 2. The third-order valence-electron chi connectivity index (χ3n) is 4.85. The van der Waals surface area contributed by atoms with Crippen molar-refractivity contribution in [3.63, 3.8) is 0 Å². The van der Waals surface area contributed by atoms with Crippen molar-refractivity contribution in [3.05, 3.63) is 78.1 Å². The SMILES string of the molecule is O=C(CCc1c[nH]c2ccccc12)Nc1ccc(-c2cn3ccsc3n2)cc1. The van der Waals surface area contributed by atoms with Crippen LogP contribution in [-0.4, -0.2) is 20.3 Å². The predicted molar refractivity (Wildman–Crippen MR) is 114 cm³/mol. The van der Waals surface area contributed by atoms with Crippen LogP contribution in [0.1, 0.15) is 12.0 Å². The number of para-hydroxylation sites is 1. The monoisotopic (exact) mass is 386 g/mol. The van der Waals surface area contributed by atoms with E-state index in [4.69, 9.17) is 0 Å². The van der Waals surface area contributed by atoms with E-state index in [-0.39, 0.29) is 5.91 Å². The van der Waals surface area contributed by atoms with Gasteiger partial charge in [-0.1, -0.05) is 30.3 Å². The minimum atomic E-state index is 0.0144. The van der Waals surface area contributed by atoms with Gasteiger partial charge in [-0.15, -0.1) is 11.3 Å². The maximum absolute atomic E-state index is 12.3. The van der Waals surface area contributed by atoms with E-state index in [0.29, 0.717) is 12.8 Å². The van der Waals surface area contributed by atoms with E-state index in [2.05, 4.69) is 21.4 Å². The van der Waals surface area contributed by atoms with Gasteiger partial charge < -0.3 is 10.3 Å². The Morgan fingerprint density at radius 2 is 2.00 bits per heavy atom. The van der Waals surface area contributed by atoms with E-state index >= 15 is 0 Å². The van der Waals surface area contributed by atoms with Crippen LogP contribution in [0.25, 0.3) is 27.1 Å². The lowest BCUT2D eigenvalue weighted by Gasteiger charge is -2.06. The molecule has 0 bridgehead atoms. The molecule has 3 aromatic heterocycles. The number of aromatic nitrogens is 3. The molecule has 6 heteroatoms. The lowest BCUT2D eigenvalue weighted by Crippen LogP contribution is -2.12. The first-order chi connectivity index (χ1) is 13.8. The summed E-state index contributed by atoms with van der Waals surface area (Å²) in [5, 5.41) is 6.18. The van der Waals surface area contributed by atoms with Crippen LogP contribution in [0, 0.1) is 0 Å². The molecule has 0 unspecified atom stereocenters. The molecule has 28 heavy (non-hydrogen) atoms. The number of carbonyl (C=O) groups is 1. The number of aryl methyl sites for hydroxylation is 1. The van der Waals surface area contributed by atoms with Crippen molar-refractivity contribution >= 4 is 38.8 Å². The Bertz CT molecular complexity index is 1230. The lowest BCUT2D eigenvalue weighted by molar-refractivity contribution is -0.116. The largest absolute Gasteiger partial charge is 0.361 e. The van der Waals surface area contributed by atoms with Crippen molar-refractivity contribution in [3.8, 4) is 11.3 Å². The van der Waals surface area contributed by atoms with Crippen LogP contribution in [0.3, 0.4) is 0 Å². The van der Waals surface area contributed by atoms with Crippen LogP contribution < -0.4 is 5.32 Å². The van der Waals surface area contributed by atoms with Gasteiger partial charge in [0.25, 0.3) is 0 Å². The minimum Gasteiger partial charge on any atom is -0.361 e. The normalized spacial score (nSPS) is 11.3. The summed E-state index contributed by atoms with van der Waals surface area (Å²) in [6, 6.07) is 16.0. The van der Waals surface area contributed by atoms with Gasteiger partial charge in [0.05, 0.1) is 5.69 Å². The molecule has 138 valence electrons. The first kappa shape index (κ1) is 16.8. The van der Waals surface area contributed by atoms with E-state index in [1.54, 1.807) is 11.3 Å². The van der Waals surface area contributed by atoms with Crippen LogP contribution in [0.4, 0.5) is 5.69 Å². The number of carbonyl (C=O) groups excluding carboxylic acids is 1. The van der Waals surface area contributed by atoms with Gasteiger partial charge in [0.1, 0.15) is 0 Å². The Morgan fingerprint density at radius 3 is 2.86 bits per heavy atom. The zero-order chi connectivity index (χ0) is 18.9. The summed E-state index contributed by atoms with van der Waals surface area (Å²) in [7, 11) is 0. The molecule has 5 nitrogen and oxygen atoms in total. The summed E-state index contributed by atoms with van der Waals surface area (Å²) in [5.41, 5.74) is 5.04. The van der Waals surface area contributed by atoms with E-state index in [0.717, 1.165) is 27.4 Å². The van der Waals surface area contributed by atoms with Crippen molar-refractivity contribution in [2.24, 2.45) is 0 Å². The highest BCUT2D eigenvalue weighted by atomic mass is 32.1. The van der Waals surface area contributed by atoms with Crippen LogP contribution in [0.2, 0.25) is 0 Å². The number of nitrogens with zero attached hydrogens (tertiary/aromatic N) is 2. The van der Waals surface area contributed by atoms with Crippen LogP contribution in [-0.2, 0) is 11.2 Å². The quantitative estimate of drug-likeness (QED) is 0.441. The third-order valence-corrected chi connectivity index (χ3v) is 5.62. The van der Waals surface area contributed by atoms with E-state index < -0.39 is 0 Å². The molecule has 0 atom stereocenters. The lowest BCUT2D eigenvalue weighted by atomic mass is 10.1. The van der Waals surface area contributed by atoms with Gasteiger partial charge in [-0.3, -0.25) is 9.20 Å². The fraction of sp³-hybridized carbons (Fsp3) is 0.0909. The molecule has 2 N–H and O–H groups in total. The third kappa shape index (κ3) is 3.18. The van der Waals surface area contributed by atoms with Crippen molar-refractivity contribution in [1.82, 2.24) is 14.4 Å². The molecule has 0 saturated heterocycles. The van der Waals surface area contributed by atoms with Crippen molar-refractivity contribution in [2.45, 2.75) is 12.8 Å². The summed E-state index contributed by atoms with van der Waals surface area (Å²) in [4.78, 5) is 21.2. The fourth-order valence-corrected chi connectivity index (χ4v) is 4.10. The number of imidazole rings is 1. The number of nitrogens with one attached hydrogen (secondary N) is 2. The Morgan fingerprint density at radius 1 is 1.14 bits per heavy atom. The number of benzene rings is 2. The molecule has 0 radical (unpaired) electrons. The zero-order valence-corrected chi connectivity index (χ0v) is 15.9. The van der Waals surface area contributed by atoms with Crippen LogP contribution >= 0.6 is 11.3 Å². The predicted octanol–water partition coefficient (Wildman–Crippen LogP) is 5.12. The molecular weight excluding hydrogens is 368 g/mol. The average Bonchev–Trinajstić information content (AvgIpc) is 3.42. The smallest absolute Gasteiger partial charge is 0.224 e. The van der Waals surface area contributed by atoms with Gasteiger partial charge in [-0.2, -0.15) is 0 Å². The molecule has 1 amide bonds. The minimum absolute atomic E-state index is 0.0144. The second-order valence-electron chi connectivity index (χ2n) is 6.70. The number of aromatic amines is 1. The van der Waals surface area contributed by atoms with Crippen molar-refractivity contribution < 1.29 is 4.79 Å². The number of H-pyrrole nitrogens is 1. The highest BCUT2D eigenvalue weighted by Crippen LogP contribution is 2.23. The topological polar surface area (TPSA) is 62.2 Å². The first-order valence-electron chi connectivity index (χ1n) is 9.14.